The number of carboxylic acid groups (broad SMARTS) is 1. The molecular weight excluding hydrogens is 326 g/mol. The number of benzene rings is 1. The van der Waals surface area contributed by atoms with E-state index in [0.717, 1.165) is 38.5 Å². The Labute approximate surface area is 155 Å². The summed E-state index contributed by atoms with van der Waals surface area (Å²) >= 11 is 0. The second-order valence-electron chi connectivity index (χ2n) is 6.95. The van der Waals surface area contributed by atoms with E-state index in [-0.39, 0.29) is 0 Å². The fraction of sp³-hybridized carbons (Fsp3) is 0.429. The normalized spacial score (nSPS) is 15.4. The molecule has 26 heavy (non-hydrogen) atoms. The Hall–Kier alpha value is -2.40. The highest BCUT2D eigenvalue weighted by atomic mass is 16.4. The summed E-state index contributed by atoms with van der Waals surface area (Å²) in [6.07, 6.45) is 4.23. The van der Waals surface area contributed by atoms with Crippen molar-refractivity contribution in [2.45, 2.75) is 26.3 Å². The van der Waals surface area contributed by atoms with E-state index in [4.69, 9.17) is 5.11 Å². The summed E-state index contributed by atoms with van der Waals surface area (Å²) in [5, 5.41) is 9.01. The number of nitrogens with zero attached hydrogens (tertiary/aromatic N) is 3. The minimum absolute atomic E-state index is 0.346. The predicted octanol–water partition coefficient (Wildman–Crippen LogP) is 3.52. The first kappa shape index (κ1) is 18.4. The first-order valence-corrected chi connectivity index (χ1v) is 9.36. The quantitative estimate of drug-likeness (QED) is 0.825. The van der Waals surface area contributed by atoms with Gasteiger partial charge in [0.25, 0.3) is 0 Å². The Balaban J connectivity index is 1.50. The first-order chi connectivity index (χ1) is 12.7. The van der Waals surface area contributed by atoms with Gasteiger partial charge in [0.15, 0.2) is 0 Å². The number of carbonyl (C=O) groups is 1. The lowest BCUT2D eigenvalue weighted by atomic mass is 9.96. The summed E-state index contributed by atoms with van der Waals surface area (Å²) in [6, 6.07) is 13.3. The van der Waals surface area contributed by atoms with E-state index in [1.807, 2.05) is 30.5 Å². The van der Waals surface area contributed by atoms with Crippen LogP contribution in [-0.4, -0.2) is 47.1 Å². The minimum atomic E-state index is -0.872. The topological polar surface area (TPSA) is 56.7 Å². The maximum atomic E-state index is 11.0. The zero-order valence-corrected chi connectivity index (χ0v) is 15.3. The number of carboxylic acids is 1. The molecule has 5 heteroatoms. The third kappa shape index (κ3) is 4.82. The van der Waals surface area contributed by atoms with E-state index >= 15 is 0 Å². The van der Waals surface area contributed by atoms with Gasteiger partial charge in [-0.1, -0.05) is 25.1 Å². The highest BCUT2D eigenvalue weighted by Gasteiger charge is 2.21. The fourth-order valence-corrected chi connectivity index (χ4v) is 3.57. The second-order valence-corrected chi connectivity index (χ2v) is 6.95. The van der Waals surface area contributed by atoms with Crippen molar-refractivity contribution in [3.05, 3.63) is 59.8 Å². The molecule has 0 bridgehead atoms. The molecule has 2 heterocycles. The average Bonchev–Trinajstić information content (AvgIpc) is 2.69. The van der Waals surface area contributed by atoms with Crippen molar-refractivity contribution in [2.75, 3.05) is 31.1 Å². The highest BCUT2D eigenvalue weighted by Crippen LogP contribution is 2.23. The Morgan fingerprint density at radius 3 is 2.50 bits per heavy atom. The van der Waals surface area contributed by atoms with Gasteiger partial charge >= 0.3 is 5.97 Å². The van der Waals surface area contributed by atoms with Crippen molar-refractivity contribution >= 4 is 11.8 Å². The maximum absolute atomic E-state index is 11.0. The summed E-state index contributed by atoms with van der Waals surface area (Å²) in [5.41, 5.74) is 1.52. The van der Waals surface area contributed by atoms with Crippen LogP contribution in [0.1, 0.15) is 35.7 Å². The van der Waals surface area contributed by atoms with Gasteiger partial charge in [0.1, 0.15) is 5.82 Å². The van der Waals surface area contributed by atoms with Gasteiger partial charge in [-0.05, 0) is 55.1 Å². The van der Waals surface area contributed by atoms with Crippen molar-refractivity contribution in [3.63, 3.8) is 0 Å². The molecule has 0 amide bonds. The van der Waals surface area contributed by atoms with Crippen LogP contribution in [0.15, 0.2) is 48.7 Å². The number of anilines is 1. The predicted molar refractivity (Wildman–Crippen MR) is 104 cm³/mol. The van der Waals surface area contributed by atoms with Crippen molar-refractivity contribution < 1.29 is 9.90 Å². The molecular formula is C21H27N3O2. The molecule has 1 saturated heterocycles. The number of hydrogen-bond donors (Lipinski definition) is 1. The number of hydrogen-bond acceptors (Lipinski definition) is 4. The molecule has 0 aliphatic carbocycles. The molecule has 1 fully saturated rings. The minimum Gasteiger partial charge on any atom is -0.478 e. The molecule has 5 nitrogen and oxygen atoms in total. The first-order valence-electron chi connectivity index (χ1n) is 9.36. The lowest BCUT2D eigenvalue weighted by Crippen LogP contribution is -2.39. The summed E-state index contributed by atoms with van der Waals surface area (Å²) in [6.45, 7) is 7.28. The SMILES string of the molecule is CCN(Cc1ccc(C(=O)O)cc1)CC1CCN(c2ccccn2)CC1. The summed E-state index contributed by atoms with van der Waals surface area (Å²) in [5.74, 6) is 0.911. The smallest absolute Gasteiger partial charge is 0.335 e. The van der Waals surface area contributed by atoms with Gasteiger partial charge in [0.2, 0.25) is 0 Å². The third-order valence-corrected chi connectivity index (χ3v) is 5.16. The van der Waals surface area contributed by atoms with Crippen molar-refractivity contribution in [1.82, 2.24) is 9.88 Å². The number of piperidine rings is 1. The standard InChI is InChI=1S/C21H27N3O2/c1-2-23(15-17-6-8-19(9-7-17)21(25)26)16-18-10-13-24(14-11-18)20-5-3-4-12-22-20/h3-9,12,18H,2,10-11,13-16H2,1H3,(H,25,26). The van der Waals surface area contributed by atoms with Gasteiger partial charge < -0.3 is 10.0 Å². The Morgan fingerprint density at radius 1 is 1.19 bits per heavy atom. The zero-order valence-electron chi connectivity index (χ0n) is 15.3. The van der Waals surface area contributed by atoms with Crippen LogP contribution >= 0.6 is 0 Å². The lowest BCUT2D eigenvalue weighted by Gasteiger charge is -2.35. The molecule has 0 atom stereocenters. The number of rotatable bonds is 7. The summed E-state index contributed by atoms with van der Waals surface area (Å²) in [4.78, 5) is 20.2. The van der Waals surface area contributed by atoms with Crippen molar-refractivity contribution in [2.24, 2.45) is 5.92 Å². The van der Waals surface area contributed by atoms with E-state index in [2.05, 4.69) is 27.8 Å². The molecule has 2 aromatic rings. The van der Waals surface area contributed by atoms with E-state index in [9.17, 15) is 4.79 Å². The van der Waals surface area contributed by atoms with Gasteiger partial charge in [-0.25, -0.2) is 9.78 Å². The van der Waals surface area contributed by atoms with Gasteiger partial charge in [-0.15, -0.1) is 0 Å². The van der Waals surface area contributed by atoms with Gasteiger partial charge in [-0.3, -0.25) is 4.90 Å². The Morgan fingerprint density at radius 2 is 1.92 bits per heavy atom. The molecule has 1 aliphatic rings. The third-order valence-electron chi connectivity index (χ3n) is 5.16. The van der Waals surface area contributed by atoms with Crippen LogP contribution in [-0.2, 0) is 6.54 Å². The van der Waals surface area contributed by atoms with Crippen molar-refractivity contribution in [1.29, 1.82) is 0 Å². The van der Waals surface area contributed by atoms with Crippen LogP contribution in [0.2, 0.25) is 0 Å². The maximum Gasteiger partial charge on any atom is 0.335 e. The second kappa shape index (κ2) is 8.81. The number of aromatic nitrogens is 1. The van der Waals surface area contributed by atoms with Crippen LogP contribution < -0.4 is 4.90 Å². The highest BCUT2D eigenvalue weighted by molar-refractivity contribution is 5.87. The molecule has 0 unspecified atom stereocenters. The number of aromatic carboxylic acids is 1. The molecule has 0 saturated carbocycles. The van der Waals surface area contributed by atoms with Gasteiger partial charge in [0.05, 0.1) is 5.56 Å². The molecule has 3 rings (SSSR count). The summed E-state index contributed by atoms with van der Waals surface area (Å²) < 4.78 is 0. The zero-order chi connectivity index (χ0) is 18.4. The van der Waals surface area contributed by atoms with Crippen LogP contribution in [0.4, 0.5) is 5.82 Å². The Kier molecular flexibility index (Phi) is 6.23. The van der Waals surface area contributed by atoms with Crippen molar-refractivity contribution in [3.8, 4) is 0 Å². The van der Waals surface area contributed by atoms with Gasteiger partial charge in [-0.2, -0.15) is 0 Å². The molecule has 1 aromatic carbocycles. The lowest BCUT2D eigenvalue weighted by molar-refractivity contribution is 0.0697. The van der Waals surface area contributed by atoms with Crippen LogP contribution in [0.5, 0.6) is 0 Å². The molecule has 0 radical (unpaired) electrons. The molecule has 1 N–H and O–H groups in total. The van der Waals surface area contributed by atoms with Crippen LogP contribution in [0.3, 0.4) is 0 Å². The average molecular weight is 353 g/mol. The van der Waals surface area contributed by atoms with E-state index < -0.39 is 5.97 Å². The summed E-state index contributed by atoms with van der Waals surface area (Å²) in [7, 11) is 0. The van der Waals surface area contributed by atoms with Crippen LogP contribution in [0.25, 0.3) is 0 Å². The fourth-order valence-electron chi connectivity index (χ4n) is 3.57. The molecule has 1 aliphatic heterocycles. The van der Waals surface area contributed by atoms with Crippen LogP contribution in [0, 0.1) is 5.92 Å². The van der Waals surface area contributed by atoms with E-state index in [1.165, 1.54) is 18.4 Å². The number of pyridine rings is 1. The van der Waals surface area contributed by atoms with E-state index in [0.29, 0.717) is 11.5 Å². The molecule has 1 aromatic heterocycles. The largest absolute Gasteiger partial charge is 0.478 e. The molecule has 0 spiro atoms. The van der Waals surface area contributed by atoms with E-state index in [1.54, 1.807) is 12.1 Å². The monoisotopic (exact) mass is 353 g/mol. The Bertz CT molecular complexity index is 695. The molecule has 138 valence electrons. The van der Waals surface area contributed by atoms with Gasteiger partial charge in [0, 0.05) is 32.4 Å².